The molecule has 3 aromatic carbocycles. The molecule has 2 aromatic heterocycles. The molecule has 2 N–H and O–H groups in total. The lowest BCUT2D eigenvalue weighted by Gasteiger charge is -2.29. The van der Waals surface area contributed by atoms with Crippen molar-refractivity contribution >= 4 is 39.9 Å². The number of nitrogens with one attached hydrogen (secondary N) is 2. The molecular formula is C32H29N7O3. The van der Waals surface area contributed by atoms with Crippen LogP contribution in [0.15, 0.2) is 85.2 Å². The fourth-order valence-electron chi connectivity index (χ4n) is 4.89. The van der Waals surface area contributed by atoms with Gasteiger partial charge in [0.25, 0.3) is 0 Å². The number of fused-ring (bicyclic) bond motifs is 1. The van der Waals surface area contributed by atoms with Crippen LogP contribution in [0.5, 0.6) is 0 Å². The van der Waals surface area contributed by atoms with Crippen LogP contribution in [0, 0.1) is 0 Å². The number of anilines is 3. The van der Waals surface area contributed by atoms with Crippen LogP contribution in [0.1, 0.15) is 12.5 Å². The molecule has 0 saturated carbocycles. The number of rotatable bonds is 7. The molecule has 0 spiro atoms. The number of carbonyl (C=O) groups excluding carboxylic acids is 2. The second-order valence-corrected chi connectivity index (χ2v) is 10.1. The molecule has 6 rings (SSSR count). The van der Waals surface area contributed by atoms with Gasteiger partial charge < -0.3 is 20.3 Å². The maximum Gasteiger partial charge on any atom is 0.323 e. The number of amides is 2. The van der Waals surface area contributed by atoms with E-state index in [9.17, 15) is 9.59 Å². The Bertz CT molecular complexity index is 1720. The summed E-state index contributed by atoms with van der Waals surface area (Å²) in [5, 5.41) is 14.5. The van der Waals surface area contributed by atoms with Crippen molar-refractivity contribution in [3.05, 3.63) is 90.8 Å². The predicted molar refractivity (Wildman–Crippen MR) is 163 cm³/mol. The van der Waals surface area contributed by atoms with E-state index in [0.717, 1.165) is 52.1 Å². The molecule has 3 heterocycles. The van der Waals surface area contributed by atoms with Gasteiger partial charge in [-0.2, -0.15) is 10.2 Å². The van der Waals surface area contributed by atoms with E-state index in [-0.39, 0.29) is 11.8 Å². The number of benzene rings is 3. The minimum atomic E-state index is -0.364. The first-order chi connectivity index (χ1) is 20.5. The van der Waals surface area contributed by atoms with Crippen molar-refractivity contribution in [3.63, 3.8) is 0 Å². The van der Waals surface area contributed by atoms with Crippen molar-refractivity contribution in [1.82, 2.24) is 20.2 Å². The van der Waals surface area contributed by atoms with Gasteiger partial charge in [-0.3, -0.25) is 4.79 Å². The number of urea groups is 1. The number of hydrogen-bond acceptors (Lipinski definition) is 8. The summed E-state index contributed by atoms with van der Waals surface area (Å²) in [6, 6.07) is 22.4. The van der Waals surface area contributed by atoms with Gasteiger partial charge in [-0.15, -0.1) is 0 Å². The van der Waals surface area contributed by atoms with E-state index in [2.05, 4.69) is 37.9 Å². The van der Waals surface area contributed by atoms with Gasteiger partial charge in [0.15, 0.2) is 5.82 Å². The van der Waals surface area contributed by atoms with Crippen molar-refractivity contribution in [1.29, 1.82) is 0 Å². The summed E-state index contributed by atoms with van der Waals surface area (Å²) in [6.45, 7) is 4.34. The summed E-state index contributed by atoms with van der Waals surface area (Å²) < 4.78 is 5.58. The molecule has 0 atom stereocenters. The Morgan fingerprint density at radius 1 is 0.810 bits per heavy atom. The summed E-state index contributed by atoms with van der Waals surface area (Å²) in [6.07, 6.45) is 3.78. The molecule has 2 amide bonds. The quantitative estimate of drug-likeness (QED) is 0.273. The molecule has 1 aliphatic heterocycles. The summed E-state index contributed by atoms with van der Waals surface area (Å²) in [5.74, 6) is 1.56. The van der Waals surface area contributed by atoms with Crippen LogP contribution in [0.4, 0.5) is 22.0 Å². The summed E-state index contributed by atoms with van der Waals surface area (Å²) in [4.78, 5) is 36.0. The SMILES string of the molecule is CC(=O)Cc1ccc(NC(=O)Nc2ccc(-c3nc(N4CCOCC4)c4ccc(-c5ccnnc5)cc4n3)cc2)cc1. The van der Waals surface area contributed by atoms with Gasteiger partial charge in [-0.05, 0) is 72.6 Å². The lowest BCUT2D eigenvalue weighted by atomic mass is 10.1. The molecule has 0 radical (unpaired) electrons. The van der Waals surface area contributed by atoms with Crippen LogP contribution in [-0.2, 0) is 16.0 Å². The number of ether oxygens (including phenoxy) is 1. The second kappa shape index (κ2) is 12.1. The van der Waals surface area contributed by atoms with E-state index in [0.29, 0.717) is 36.8 Å². The third-order valence-electron chi connectivity index (χ3n) is 6.97. The van der Waals surface area contributed by atoms with Gasteiger partial charge in [0.1, 0.15) is 11.6 Å². The van der Waals surface area contributed by atoms with Crippen LogP contribution in [-0.4, -0.2) is 58.3 Å². The van der Waals surface area contributed by atoms with Gasteiger partial charge in [-0.25, -0.2) is 14.8 Å². The number of Topliss-reactive ketones (excluding diaryl/α,β-unsaturated/α-hetero) is 1. The highest BCUT2D eigenvalue weighted by atomic mass is 16.5. The van der Waals surface area contributed by atoms with Gasteiger partial charge >= 0.3 is 6.03 Å². The number of carbonyl (C=O) groups is 2. The molecule has 1 fully saturated rings. The molecule has 0 unspecified atom stereocenters. The smallest absolute Gasteiger partial charge is 0.323 e. The Labute approximate surface area is 242 Å². The van der Waals surface area contributed by atoms with Crippen molar-refractivity contribution in [2.24, 2.45) is 0 Å². The lowest BCUT2D eigenvalue weighted by Crippen LogP contribution is -2.37. The van der Waals surface area contributed by atoms with Gasteiger partial charge in [0.05, 0.1) is 31.1 Å². The summed E-state index contributed by atoms with van der Waals surface area (Å²) >= 11 is 0. The molecule has 42 heavy (non-hydrogen) atoms. The predicted octanol–water partition coefficient (Wildman–Crippen LogP) is 5.37. The molecule has 10 heteroatoms. The third-order valence-corrected chi connectivity index (χ3v) is 6.97. The fourth-order valence-corrected chi connectivity index (χ4v) is 4.89. The largest absolute Gasteiger partial charge is 0.378 e. The van der Waals surface area contributed by atoms with Crippen LogP contribution in [0.2, 0.25) is 0 Å². The first kappa shape index (κ1) is 27.0. The standard InChI is InChI=1S/C32H29N7O3/c1-21(40)18-22-2-7-26(8-3-22)35-32(41)36-27-9-4-23(5-10-27)30-37-29-19-24(25-12-13-33-34-20-25)6-11-28(29)31(38-30)39-14-16-42-17-15-39/h2-13,19-20H,14-18H2,1H3,(H2,35,36,41). The zero-order valence-electron chi connectivity index (χ0n) is 23.1. The minimum Gasteiger partial charge on any atom is -0.378 e. The van der Waals surface area contributed by atoms with Gasteiger partial charge in [0, 0.05) is 47.4 Å². The molecule has 1 aliphatic rings. The Morgan fingerprint density at radius 2 is 1.50 bits per heavy atom. The van der Waals surface area contributed by atoms with E-state index in [1.165, 1.54) is 0 Å². The normalized spacial score (nSPS) is 13.1. The number of aromatic nitrogens is 4. The van der Waals surface area contributed by atoms with Crippen LogP contribution in [0.3, 0.4) is 0 Å². The topological polar surface area (TPSA) is 122 Å². The zero-order valence-corrected chi connectivity index (χ0v) is 23.1. The number of morpholine rings is 1. The Morgan fingerprint density at radius 3 is 2.17 bits per heavy atom. The van der Waals surface area contributed by atoms with E-state index >= 15 is 0 Å². The minimum absolute atomic E-state index is 0.0931. The first-order valence-electron chi connectivity index (χ1n) is 13.7. The number of hydrogen-bond donors (Lipinski definition) is 2. The lowest BCUT2D eigenvalue weighted by molar-refractivity contribution is -0.116. The summed E-state index contributed by atoms with van der Waals surface area (Å²) in [5.41, 5.74) is 5.78. The monoisotopic (exact) mass is 559 g/mol. The Kier molecular flexibility index (Phi) is 7.78. The second-order valence-electron chi connectivity index (χ2n) is 10.1. The molecule has 0 bridgehead atoms. The first-order valence-corrected chi connectivity index (χ1v) is 13.7. The van der Waals surface area contributed by atoms with E-state index in [4.69, 9.17) is 14.7 Å². The maximum absolute atomic E-state index is 12.6. The zero-order chi connectivity index (χ0) is 28.9. The Hall–Kier alpha value is -5.22. The van der Waals surface area contributed by atoms with E-state index < -0.39 is 0 Å². The Balaban J connectivity index is 1.24. The average Bonchev–Trinajstić information content (AvgIpc) is 3.02. The van der Waals surface area contributed by atoms with Crippen LogP contribution < -0.4 is 15.5 Å². The number of ketones is 1. The average molecular weight is 560 g/mol. The van der Waals surface area contributed by atoms with Crippen molar-refractivity contribution in [2.45, 2.75) is 13.3 Å². The number of nitrogens with zero attached hydrogens (tertiary/aromatic N) is 5. The van der Waals surface area contributed by atoms with E-state index in [1.54, 1.807) is 31.5 Å². The van der Waals surface area contributed by atoms with Crippen molar-refractivity contribution in [3.8, 4) is 22.5 Å². The third kappa shape index (κ3) is 6.24. The van der Waals surface area contributed by atoms with Crippen molar-refractivity contribution < 1.29 is 14.3 Å². The van der Waals surface area contributed by atoms with Crippen molar-refractivity contribution in [2.75, 3.05) is 41.8 Å². The molecule has 10 nitrogen and oxygen atoms in total. The molecule has 210 valence electrons. The van der Waals surface area contributed by atoms with Gasteiger partial charge in [-0.1, -0.05) is 18.2 Å². The highest BCUT2D eigenvalue weighted by Gasteiger charge is 2.19. The molecule has 0 aliphatic carbocycles. The molecule has 5 aromatic rings. The summed E-state index contributed by atoms with van der Waals surface area (Å²) in [7, 11) is 0. The van der Waals surface area contributed by atoms with Gasteiger partial charge in [0.2, 0.25) is 0 Å². The molecular weight excluding hydrogens is 530 g/mol. The van der Waals surface area contributed by atoms with Crippen LogP contribution >= 0.6 is 0 Å². The fraction of sp³-hybridized carbons (Fsp3) is 0.188. The maximum atomic E-state index is 12.6. The van der Waals surface area contributed by atoms with E-state index in [1.807, 2.05) is 48.5 Å². The molecule has 1 saturated heterocycles. The highest BCUT2D eigenvalue weighted by molar-refractivity contribution is 6.00. The van der Waals surface area contributed by atoms with Crippen LogP contribution in [0.25, 0.3) is 33.4 Å². The highest BCUT2D eigenvalue weighted by Crippen LogP contribution is 2.31.